The van der Waals surface area contributed by atoms with Crippen LogP contribution in [0.1, 0.15) is 12.8 Å². The summed E-state index contributed by atoms with van der Waals surface area (Å²) in [5.41, 5.74) is 2.54. The molecule has 5 rings (SSSR count). The summed E-state index contributed by atoms with van der Waals surface area (Å²) in [5.74, 6) is -0.239. The van der Waals surface area contributed by atoms with Gasteiger partial charge in [0.15, 0.2) is 0 Å². The van der Waals surface area contributed by atoms with E-state index in [1.54, 1.807) is 24.4 Å². The highest BCUT2D eigenvalue weighted by Gasteiger charge is 2.18. The molecule has 2 aliphatic heterocycles. The van der Waals surface area contributed by atoms with Crippen LogP contribution in [-0.4, -0.2) is 68.0 Å². The zero-order valence-corrected chi connectivity index (χ0v) is 21.7. The molecule has 0 spiro atoms. The monoisotopic (exact) mass is 540 g/mol. The fourth-order valence-corrected chi connectivity index (χ4v) is 4.63. The maximum Gasteiger partial charge on any atom is 0.248 e. The molecule has 0 saturated carbocycles. The molecule has 0 bridgehead atoms. The zero-order valence-electron chi connectivity index (χ0n) is 20.9. The van der Waals surface area contributed by atoms with Crippen molar-refractivity contribution in [2.75, 3.05) is 56.7 Å². The predicted molar refractivity (Wildman–Crippen MR) is 146 cm³/mol. The molecule has 3 aromatic rings. The van der Waals surface area contributed by atoms with Crippen molar-refractivity contribution < 1.29 is 23.4 Å². The van der Waals surface area contributed by atoms with E-state index in [0.717, 1.165) is 43.6 Å². The Bertz CT molecular complexity index is 1310. The first-order valence-electron chi connectivity index (χ1n) is 12.7. The van der Waals surface area contributed by atoms with Crippen molar-refractivity contribution >= 4 is 45.5 Å². The molecule has 2 N–H and O–H groups in total. The lowest BCUT2D eigenvalue weighted by atomic mass is 10.1. The van der Waals surface area contributed by atoms with E-state index in [-0.39, 0.29) is 17.0 Å². The van der Waals surface area contributed by atoms with Gasteiger partial charge in [-0.1, -0.05) is 17.7 Å². The zero-order chi connectivity index (χ0) is 26.3. The second kappa shape index (κ2) is 12.5. The summed E-state index contributed by atoms with van der Waals surface area (Å²) in [6, 6.07) is 9.87. The first-order valence-corrected chi connectivity index (χ1v) is 13.1. The second-order valence-corrected chi connectivity index (χ2v) is 9.64. The number of carbonyl (C=O) groups excluding carboxylic acids is 1. The average Bonchev–Trinajstić information content (AvgIpc) is 3.44. The number of halogens is 2. The molecule has 3 heterocycles. The third-order valence-electron chi connectivity index (χ3n) is 6.48. The number of nitrogens with one attached hydrogen (secondary N) is 2. The molecule has 2 saturated heterocycles. The summed E-state index contributed by atoms with van der Waals surface area (Å²) in [7, 11) is 0. The van der Waals surface area contributed by atoms with Crippen LogP contribution in [0.4, 0.5) is 21.5 Å². The minimum absolute atomic E-state index is 0.0202. The molecule has 10 heteroatoms. The van der Waals surface area contributed by atoms with E-state index in [1.165, 1.54) is 18.2 Å². The molecule has 38 heavy (non-hydrogen) atoms. The predicted octanol–water partition coefficient (Wildman–Crippen LogP) is 5.16. The number of morpholine rings is 1. The Labute approximate surface area is 225 Å². The molecule has 8 nitrogen and oxygen atoms in total. The standard InChI is InChI=1S/C28H30ClFN4O4/c29-22-15-19(5-6-23(22)30)32-24-7-8-31-25-17-27(38-18-20-3-2-12-37-20)26(16-21(24)25)33-28(35)4-1-9-34-10-13-36-14-11-34/h1,4-8,15-17,20H,2-3,9-14,18H2,(H,31,32)(H,33,35). The van der Waals surface area contributed by atoms with Gasteiger partial charge in [0.1, 0.15) is 18.2 Å². The van der Waals surface area contributed by atoms with Crippen LogP contribution in [-0.2, 0) is 14.3 Å². The Morgan fingerprint density at radius 3 is 2.84 bits per heavy atom. The Morgan fingerprint density at radius 1 is 1.18 bits per heavy atom. The van der Waals surface area contributed by atoms with Crippen molar-refractivity contribution in [3.05, 3.63) is 65.6 Å². The van der Waals surface area contributed by atoms with Crippen LogP contribution in [0.3, 0.4) is 0 Å². The van der Waals surface area contributed by atoms with Crippen molar-refractivity contribution in [2.24, 2.45) is 0 Å². The summed E-state index contributed by atoms with van der Waals surface area (Å²) in [6.45, 7) is 4.89. The van der Waals surface area contributed by atoms with Crippen LogP contribution in [0.25, 0.3) is 10.9 Å². The molecule has 200 valence electrons. The number of pyridine rings is 1. The molecule has 2 aromatic carbocycles. The summed E-state index contributed by atoms with van der Waals surface area (Å²) in [6.07, 6.45) is 7.02. The van der Waals surface area contributed by atoms with Crippen molar-refractivity contribution in [1.82, 2.24) is 9.88 Å². The van der Waals surface area contributed by atoms with Crippen molar-refractivity contribution in [3.63, 3.8) is 0 Å². The summed E-state index contributed by atoms with van der Waals surface area (Å²) >= 11 is 5.96. The van der Waals surface area contributed by atoms with Gasteiger partial charge in [0.2, 0.25) is 5.91 Å². The molecule has 1 amide bonds. The molecule has 0 aliphatic carbocycles. The number of carbonyl (C=O) groups is 1. The Morgan fingerprint density at radius 2 is 2.05 bits per heavy atom. The van der Waals surface area contributed by atoms with Gasteiger partial charge in [-0.25, -0.2) is 4.39 Å². The first-order chi connectivity index (χ1) is 18.5. The Hall–Kier alpha value is -3.24. The molecule has 1 aromatic heterocycles. The van der Waals surface area contributed by atoms with E-state index in [1.807, 2.05) is 12.1 Å². The van der Waals surface area contributed by atoms with E-state index in [0.29, 0.717) is 49.0 Å². The second-order valence-electron chi connectivity index (χ2n) is 9.23. The number of fused-ring (bicyclic) bond motifs is 1. The normalized spacial score (nSPS) is 18.2. The number of rotatable bonds is 9. The lowest BCUT2D eigenvalue weighted by molar-refractivity contribution is -0.111. The molecule has 2 aliphatic rings. The third-order valence-corrected chi connectivity index (χ3v) is 6.77. The van der Waals surface area contributed by atoms with E-state index in [9.17, 15) is 9.18 Å². The smallest absolute Gasteiger partial charge is 0.248 e. The highest BCUT2D eigenvalue weighted by molar-refractivity contribution is 6.31. The number of ether oxygens (including phenoxy) is 3. The van der Waals surface area contributed by atoms with Crippen molar-refractivity contribution in [2.45, 2.75) is 18.9 Å². The van der Waals surface area contributed by atoms with Gasteiger partial charge in [-0.3, -0.25) is 14.7 Å². The lowest BCUT2D eigenvalue weighted by Crippen LogP contribution is -2.36. The van der Waals surface area contributed by atoms with Crippen molar-refractivity contribution in [3.8, 4) is 5.75 Å². The molecular formula is C28H30ClFN4O4. The number of anilines is 3. The minimum atomic E-state index is -0.489. The van der Waals surface area contributed by atoms with Crippen molar-refractivity contribution in [1.29, 1.82) is 0 Å². The van der Waals surface area contributed by atoms with Gasteiger partial charge in [-0.05, 0) is 43.2 Å². The Kier molecular flexibility index (Phi) is 8.70. The van der Waals surface area contributed by atoms with Crippen LogP contribution in [0, 0.1) is 5.82 Å². The maximum atomic E-state index is 13.6. The first kappa shape index (κ1) is 26.4. The van der Waals surface area contributed by atoms with Gasteiger partial charge in [0.05, 0.1) is 35.5 Å². The number of benzene rings is 2. The highest BCUT2D eigenvalue weighted by atomic mass is 35.5. The number of aromatic nitrogens is 1. The summed E-state index contributed by atoms with van der Waals surface area (Å²) in [4.78, 5) is 19.6. The summed E-state index contributed by atoms with van der Waals surface area (Å²) < 4.78 is 30.8. The highest BCUT2D eigenvalue weighted by Crippen LogP contribution is 2.35. The van der Waals surface area contributed by atoms with Crippen LogP contribution in [0.15, 0.2) is 54.7 Å². The molecule has 1 atom stereocenters. The largest absolute Gasteiger partial charge is 0.489 e. The number of hydrogen-bond donors (Lipinski definition) is 2. The van der Waals surface area contributed by atoms with Crippen LogP contribution in [0.5, 0.6) is 5.75 Å². The van der Waals surface area contributed by atoms with Crippen LogP contribution in [0.2, 0.25) is 5.02 Å². The fourth-order valence-electron chi connectivity index (χ4n) is 4.45. The number of hydrogen-bond acceptors (Lipinski definition) is 7. The lowest BCUT2D eigenvalue weighted by Gasteiger charge is -2.25. The summed E-state index contributed by atoms with van der Waals surface area (Å²) in [5, 5.41) is 7.01. The fraction of sp³-hybridized carbons (Fsp3) is 0.357. The average molecular weight is 541 g/mol. The van der Waals surface area contributed by atoms with Gasteiger partial charge in [0.25, 0.3) is 0 Å². The Balaban J connectivity index is 1.39. The molecule has 0 radical (unpaired) electrons. The number of nitrogens with zero attached hydrogens (tertiary/aromatic N) is 2. The maximum absolute atomic E-state index is 13.6. The molecular weight excluding hydrogens is 511 g/mol. The van der Waals surface area contributed by atoms with E-state index in [2.05, 4.69) is 20.5 Å². The van der Waals surface area contributed by atoms with Gasteiger partial charge < -0.3 is 24.8 Å². The number of amides is 1. The van der Waals surface area contributed by atoms with Gasteiger partial charge in [-0.2, -0.15) is 0 Å². The van der Waals surface area contributed by atoms with Gasteiger partial charge in [0, 0.05) is 61.3 Å². The third kappa shape index (κ3) is 6.79. The van der Waals surface area contributed by atoms with E-state index < -0.39 is 5.82 Å². The van der Waals surface area contributed by atoms with Gasteiger partial charge >= 0.3 is 0 Å². The SMILES string of the molecule is O=C(C=CCN1CCOCC1)Nc1cc2c(Nc3ccc(F)c(Cl)c3)ccnc2cc1OCC1CCCO1. The quantitative estimate of drug-likeness (QED) is 0.363. The topological polar surface area (TPSA) is 85.0 Å². The van der Waals surface area contributed by atoms with Gasteiger partial charge in [-0.15, -0.1) is 0 Å². The molecule has 2 fully saturated rings. The minimum Gasteiger partial charge on any atom is -0.489 e. The van der Waals surface area contributed by atoms with E-state index in [4.69, 9.17) is 25.8 Å². The van der Waals surface area contributed by atoms with E-state index >= 15 is 0 Å². The van der Waals surface area contributed by atoms with Crippen LogP contribution >= 0.6 is 11.6 Å². The van der Waals surface area contributed by atoms with Crippen LogP contribution < -0.4 is 15.4 Å². The molecule has 1 unspecified atom stereocenters.